The third-order valence-corrected chi connectivity index (χ3v) is 4.50. The quantitative estimate of drug-likeness (QED) is 0.539. The van der Waals surface area contributed by atoms with Crippen LogP contribution in [0.1, 0.15) is 15.9 Å². The van der Waals surface area contributed by atoms with E-state index in [2.05, 4.69) is 10.3 Å². The molecule has 0 aliphatic rings. The Balaban J connectivity index is 1.69. The van der Waals surface area contributed by atoms with Gasteiger partial charge in [0.2, 0.25) is 0 Å². The number of ether oxygens (including phenoxy) is 1. The van der Waals surface area contributed by atoms with E-state index in [1.807, 2.05) is 54.6 Å². The van der Waals surface area contributed by atoms with Crippen LogP contribution in [-0.4, -0.2) is 27.8 Å². The molecule has 0 saturated carbocycles. The molecule has 0 atom stereocenters. The molecule has 0 saturated heterocycles. The van der Waals surface area contributed by atoms with Gasteiger partial charge in [-0.2, -0.15) is 5.10 Å². The number of anilines is 1. The van der Waals surface area contributed by atoms with Gasteiger partial charge in [0.25, 0.3) is 5.91 Å². The Labute approximate surface area is 168 Å². The van der Waals surface area contributed by atoms with Gasteiger partial charge >= 0.3 is 0 Å². The Morgan fingerprint density at radius 1 is 1.00 bits per heavy atom. The van der Waals surface area contributed by atoms with E-state index < -0.39 is 0 Å². The molecule has 6 nitrogen and oxygen atoms in total. The van der Waals surface area contributed by atoms with E-state index in [1.54, 1.807) is 42.5 Å². The number of nitrogens with zero attached hydrogens (tertiary/aromatic N) is 3. The van der Waals surface area contributed by atoms with E-state index in [0.717, 1.165) is 16.9 Å². The molecule has 1 amide bonds. The van der Waals surface area contributed by atoms with E-state index in [9.17, 15) is 4.79 Å². The summed E-state index contributed by atoms with van der Waals surface area (Å²) in [4.78, 5) is 17.0. The van der Waals surface area contributed by atoms with Crippen molar-refractivity contribution in [3.63, 3.8) is 0 Å². The first kappa shape index (κ1) is 18.4. The lowest BCUT2D eigenvalue weighted by Crippen LogP contribution is -2.12. The van der Waals surface area contributed by atoms with Gasteiger partial charge < -0.3 is 10.1 Å². The van der Waals surface area contributed by atoms with Gasteiger partial charge in [-0.15, -0.1) is 0 Å². The van der Waals surface area contributed by atoms with Crippen molar-refractivity contribution < 1.29 is 9.53 Å². The predicted molar refractivity (Wildman–Crippen MR) is 112 cm³/mol. The van der Waals surface area contributed by atoms with Crippen LogP contribution in [0.25, 0.3) is 11.3 Å². The fraction of sp³-hybridized carbons (Fsp3) is 0.0870. The molecule has 1 N–H and O–H groups in total. The lowest BCUT2D eigenvalue weighted by molar-refractivity contribution is 0.102. The van der Waals surface area contributed by atoms with Crippen molar-refractivity contribution in [2.75, 3.05) is 12.4 Å². The van der Waals surface area contributed by atoms with E-state index in [4.69, 9.17) is 9.84 Å². The van der Waals surface area contributed by atoms with Gasteiger partial charge in [-0.25, -0.2) is 0 Å². The van der Waals surface area contributed by atoms with Crippen molar-refractivity contribution in [3.05, 3.63) is 96.4 Å². The molecule has 29 heavy (non-hydrogen) atoms. The number of rotatable bonds is 6. The normalized spacial score (nSPS) is 10.5. The first-order valence-electron chi connectivity index (χ1n) is 9.20. The average molecular weight is 384 g/mol. The Kier molecular flexibility index (Phi) is 5.33. The molecule has 0 bridgehead atoms. The molecule has 0 aliphatic heterocycles. The molecule has 4 aromatic rings. The van der Waals surface area contributed by atoms with Crippen molar-refractivity contribution in [2.45, 2.75) is 6.54 Å². The minimum absolute atomic E-state index is 0.221. The first-order valence-corrected chi connectivity index (χ1v) is 9.20. The van der Waals surface area contributed by atoms with Gasteiger partial charge in [-0.1, -0.05) is 30.3 Å². The van der Waals surface area contributed by atoms with Crippen LogP contribution in [0.5, 0.6) is 5.75 Å². The zero-order chi connectivity index (χ0) is 20.1. The van der Waals surface area contributed by atoms with Crippen LogP contribution in [0, 0.1) is 0 Å². The standard InChI is InChI=1S/C23H20N4O2/c1-29-20-9-7-18(8-10-20)22-21(23(28)25-19-11-13-24-14-12-19)16-27(26-22)15-17-5-3-2-4-6-17/h2-14,16H,15H2,1H3,(H,24,25,28). The lowest BCUT2D eigenvalue weighted by Gasteiger charge is -2.06. The minimum atomic E-state index is -0.221. The highest BCUT2D eigenvalue weighted by molar-refractivity contribution is 6.08. The summed E-state index contributed by atoms with van der Waals surface area (Å²) in [5.74, 6) is 0.529. The summed E-state index contributed by atoms with van der Waals surface area (Å²) >= 11 is 0. The van der Waals surface area contributed by atoms with Gasteiger partial charge in [0.05, 0.1) is 19.2 Å². The topological polar surface area (TPSA) is 69.0 Å². The number of pyridine rings is 1. The van der Waals surface area contributed by atoms with Gasteiger partial charge in [-0.05, 0) is 42.0 Å². The number of benzene rings is 2. The van der Waals surface area contributed by atoms with Crippen molar-refractivity contribution >= 4 is 11.6 Å². The molecule has 2 aromatic heterocycles. The Morgan fingerprint density at radius 2 is 1.72 bits per heavy atom. The van der Waals surface area contributed by atoms with Gasteiger partial charge in [0, 0.05) is 29.8 Å². The third kappa shape index (κ3) is 4.32. The molecule has 144 valence electrons. The Bertz CT molecular complexity index is 1090. The maximum Gasteiger partial charge on any atom is 0.259 e. The number of amides is 1. The number of hydrogen-bond donors (Lipinski definition) is 1. The highest BCUT2D eigenvalue weighted by atomic mass is 16.5. The summed E-state index contributed by atoms with van der Waals surface area (Å²) in [5.41, 5.74) is 3.76. The van der Waals surface area contributed by atoms with Gasteiger partial charge in [0.15, 0.2) is 0 Å². The largest absolute Gasteiger partial charge is 0.497 e. The van der Waals surface area contributed by atoms with Crippen LogP contribution in [0.15, 0.2) is 85.3 Å². The van der Waals surface area contributed by atoms with Crippen molar-refractivity contribution in [3.8, 4) is 17.0 Å². The fourth-order valence-corrected chi connectivity index (χ4v) is 3.03. The average Bonchev–Trinajstić information content (AvgIpc) is 3.19. The molecular weight excluding hydrogens is 364 g/mol. The highest BCUT2D eigenvalue weighted by Gasteiger charge is 2.18. The van der Waals surface area contributed by atoms with Gasteiger partial charge in [-0.3, -0.25) is 14.5 Å². The number of aromatic nitrogens is 3. The first-order chi connectivity index (χ1) is 14.2. The smallest absolute Gasteiger partial charge is 0.259 e. The van der Waals surface area contributed by atoms with Crippen LogP contribution in [0.4, 0.5) is 5.69 Å². The number of carbonyl (C=O) groups is 1. The summed E-state index contributed by atoms with van der Waals surface area (Å²) in [5, 5.41) is 7.61. The van der Waals surface area contributed by atoms with E-state index in [1.165, 1.54) is 0 Å². The van der Waals surface area contributed by atoms with Crippen molar-refractivity contribution in [1.82, 2.24) is 14.8 Å². The summed E-state index contributed by atoms with van der Waals surface area (Å²) in [6.07, 6.45) is 5.06. The molecular formula is C23H20N4O2. The van der Waals surface area contributed by atoms with E-state index in [-0.39, 0.29) is 5.91 Å². The van der Waals surface area contributed by atoms with Crippen molar-refractivity contribution in [2.24, 2.45) is 0 Å². The number of nitrogens with one attached hydrogen (secondary N) is 1. The Hall–Kier alpha value is -3.93. The molecule has 2 heterocycles. The van der Waals surface area contributed by atoms with Crippen LogP contribution >= 0.6 is 0 Å². The summed E-state index contributed by atoms with van der Waals surface area (Å²) < 4.78 is 7.02. The zero-order valence-electron chi connectivity index (χ0n) is 15.9. The fourth-order valence-electron chi connectivity index (χ4n) is 3.03. The van der Waals surface area contributed by atoms with Crippen LogP contribution in [0.2, 0.25) is 0 Å². The number of methoxy groups -OCH3 is 1. The van der Waals surface area contributed by atoms with Crippen LogP contribution in [0.3, 0.4) is 0 Å². The molecule has 2 aromatic carbocycles. The highest BCUT2D eigenvalue weighted by Crippen LogP contribution is 2.25. The minimum Gasteiger partial charge on any atom is -0.497 e. The van der Waals surface area contributed by atoms with Gasteiger partial charge in [0.1, 0.15) is 11.4 Å². The SMILES string of the molecule is COc1ccc(-c2nn(Cc3ccccc3)cc2C(=O)Nc2ccncc2)cc1. The number of carbonyl (C=O) groups excluding carboxylic acids is 1. The second-order valence-electron chi connectivity index (χ2n) is 6.49. The number of hydrogen-bond acceptors (Lipinski definition) is 4. The summed E-state index contributed by atoms with van der Waals surface area (Å²) in [6.45, 7) is 0.576. The summed E-state index contributed by atoms with van der Waals surface area (Å²) in [6, 6.07) is 21.0. The monoisotopic (exact) mass is 384 g/mol. The Morgan fingerprint density at radius 3 is 2.41 bits per heavy atom. The predicted octanol–water partition coefficient (Wildman–Crippen LogP) is 4.25. The zero-order valence-corrected chi connectivity index (χ0v) is 15.9. The van der Waals surface area contributed by atoms with E-state index in [0.29, 0.717) is 23.5 Å². The maximum absolute atomic E-state index is 13.0. The molecule has 4 rings (SSSR count). The summed E-state index contributed by atoms with van der Waals surface area (Å²) in [7, 11) is 1.62. The van der Waals surface area contributed by atoms with Crippen LogP contribution < -0.4 is 10.1 Å². The lowest BCUT2D eigenvalue weighted by atomic mass is 10.1. The molecule has 6 heteroatoms. The van der Waals surface area contributed by atoms with Crippen LogP contribution in [-0.2, 0) is 6.54 Å². The molecule has 0 fully saturated rings. The second kappa shape index (κ2) is 8.39. The molecule has 0 aliphatic carbocycles. The second-order valence-corrected chi connectivity index (χ2v) is 6.49. The molecule has 0 radical (unpaired) electrons. The molecule has 0 unspecified atom stereocenters. The third-order valence-electron chi connectivity index (χ3n) is 4.50. The van der Waals surface area contributed by atoms with E-state index >= 15 is 0 Å². The van der Waals surface area contributed by atoms with Crippen molar-refractivity contribution in [1.29, 1.82) is 0 Å². The maximum atomic E-state index is 13.0. The molecule has 0 spiro atoms.